The largest absolute Gasteiger partial charge is 0.573 e. The third kappa shape index (κ3) is 4.96. The maximum Gasteiger partial charge on any atom is 0.573 e. The van der Waals surface area contributed by atoms with Gasteiger partial charge in [-0.15, -0.1) is 13.2 Å². The van der Waals surface area contributed by atoms with Gasteiger partial charge < -0.3 is 15.8 Å². The number of carbonyl (C=O) groups excluding carboxylic acids is 1. The van der Waals surface area contributed by atoms with E-state index >= 15 is 0 Å². The second-order valence-corrected chi connectivity index (χ2v) is 3.58. The molecule has 0 fully saturated rings. The maximum absolute atomic E-state index is 12.1. The number of ether oxygens (including phenoxy) is 1. The molecule has 112 valence electrons. The van der Waals surface area contributed by atoms with E-state index in [1.54, 1.807) is 5.32 Å². The van der Waals surface area contributed by atoms with Crippen LogP contribution in [0, 0.1) is 0 Å². The van der Waals surface area contributed by atoms with Gasteiger partial charge in [0.05, 0.1) is 0 Å². The van der Waals surface area contributed by atoms with Gasteiger partial charge in [-0.3, -0.25) is 4.79 Å². The van der Waals surface area contributed by atoms with Crippen molar-refractivity contribution in [3.05, 3.63) is 24.3 Å². The molecule has 10 heteroatoms. The first-order valence-corrected chi connectivity index (χ1v) is 4.98. The highest BCUT2D eigenvalue weighted by Crippen LogP contribution is 2.25. The molecule has 20 heavy (non-hydrogen) atoms. The Kier molecular flexibility index (Phi) is 4.48. The lowest BCUT2D eigenvalue weighted by Gasteiger charge is -2.15. The molecule has 0 heterocycles. The van der Waals surface area contributed by atoms with Crippen LogP contribution in [0.1, 0.15) is 0 Å². The van der Waals surface area contributed by atoms with Crippen LogP contribution in [-0.2, 0) is 4.79 Å². The quantitative estimate of drug-likeness (QED) is 0.843. The average molecular weight is 302 g/mol. The Labute approximate surface area is 108 Å². The first-order chi connectivity index (χ1) is 8.99. The summed E-state index contributed by atoms with van der Waals surface area (Å²) in [6.07, 6.45) is -9.91. The number of rotatable bonds is 3. The van der Waals surface area contributed by atoms with E-state index in [1.165, 1.54) is 0 Å². The van der Waals surface area contributed by atoms with Crippen LogP contribution in [0.2, 0.25) is 0 Å². The Bertz CT molecular complexity index is 485. The molecule has 4 nitrogen and oxygen atoms in total. The Hall–Kier alpha value is -1.97. The van der Waals surface area contributed by atoms with E-state index in [9.17, 15) is 31.1 Å². The number of nitrogens with two attached hydrogens (primary N) is 1. The fraction of sp³-hybridized carbons (Fsp3) is 0.300. The van der Waals surface area contributed by atoms with Crippen molar-refractivity contribution in [3.63, 3.8) is 0 Å². The van der Waals surface area contributed by atoms with E-state index in [-0.39, 0.29) is 5.69 Å². The van der Waals surface area contributed by atoms with Gasteiger partial charge >= 0.3 is 12.5 Å². The summed E-state index contributed by atoms with van der Waals surface area (Å²) < 4.78 is 75.8. The zero-order valence-electron chi connectivity index (χ0n) is 9.55. The van der Waals surface area contributed by atoms with Gasteiger partial charge in [-0.1, -0.05) is 6.07 Å². The summed E-state index contributed by atoms with van der Waals surface area (Å²) in [6.45, 7) is 0. The first kappa shape index (κ1) is 16.1. The molecular weight excluding hydrogens is 294 g/mol. The van der Waals surface area contributed by atoms with Crippen molar-refractivity contribution in [2.24, 2.45) is 5.73 Å². The molecule has 0 spiro atoms. The number of hydrogen-bond donors (Lipinski definition) is 2. The highest BCUT2D eigenvalue weighted by Gasteiger charge is 2.42. The molecule has 0 aliphatic carbocycles. The summed E-state index contributed by atoms with van der Waals surface area (Å²) in [4.78, 5) is 11.1. The van der Waals surface area contributed by atoms with Crippen LogP contribution < -0.4 is 15.8 Å². The Morgan fingerprint density at radius 3 is 2.30 bits per heavy atom. The number of carbonyl (C=O) groups is 1. The number of amides is 1. The average Bonchev–Trinajstić information content (AvgIpc) is 2.24. The molecule has 1 amide bonds. The Morgan fingerprint density at radius 2 is 1.80 bits per heavy atom. The van der Waals surface area contributed by atoms with Crippen LogP contribution in [0.5, 0.6) is 5.75 Å². The molecule has 0 radical (unpaired) electrons. The van der Waals surface area contributed by atoms with E-state index < -0.39 is 30.2 Å². The lowest BCUT2D eigenvalue weighted by molar-refractivity contribution is -0.274. The smallest absolute Gasteiger partial charge is 0.406 e. The number of alkyl halides is 6. The van der Waals surface area contributed by atoms with Crippen LogP contribution in [-0.4, -0.2) is 24.5 Å². The highest BCUT2D eigenvalue weighted by atomic mass is 19.4. The summed E-state index contributed by atoms with van der Waals surface area (Å²) in [7, 11) is 0. The highest BCUT2D eigenvalue weighted by molar-refractivity contribution is 5.95. The zero-order chi connectivity index (χ0) is 15.6. The minimum Gasteiger partial charge on any atom is -0.406 e. The zero-order valence-corrected chi connectivity index (χ0v) is 9.55. The van der Waals surface area contributed by atoms with E-state index in [1.807, 2.05) is 0 Å². The topological polar surface area (TPSA) is 64.4 Å². The standard InChI is InChI=1S/C10H8F6N2O2/c11-9(12,13)7(17)8(19)18-5-2-1-3-6(4-5)20-10(14,15)16/h1-4,7H,17H2,(H,18,19)/t7-/m1/s1. The molecular formula is C10H8F6N2O2. The lowest BCUT2D eigenvalue weighted by atomic mass is 10.2. The lowest BCUT2D eigenvalue weighted by Crippen LogP contribution is -2.47. The van der Waals surface area contributed by atoms with Gasteiger partial charge in [0.2, 0.25) is 0 Å². The molecule has 1 atom stereocenters. The molecule has 1 aromatic rings. The minimum absolute atomic E-state index is 0.309. The van der Waals surface area contributed by atoms with Crippen molar-refractivity contribution < 1.29 is 35.9 Å². The predicted octanol–water partition coefficient (Wildman–Crippen LogP) is 2.41. The molecule has 0 saturated heterocycles. The molecule has 0 aromatic heterocycles. The van der Waals surface area contributed by atoms with E-state index in [4.69, 9.17) is 0 Å². The van der Waals surface area contributed by atoms with Gasteiger partial charge in [-0.05, 0) is 12.1 Å². The summed E-state index contributed by atoms with van der Waals surface area (Å²) in [5.41, 5.74) is 4.32. The van der Waals surface area contributed by atoms with Crippen molar-refractivity contribution in [1.82, 2.24) is 0 Å². The van der Waals surface area contributed by atoms with E-state index in [0.29, 0.717) is 6.07 Å². The number of halogens is 6. The summed E-state index contributed by atoms with van der Waals surface area (Å²) in [6, 6.07) is 1.01. The fourth-order valence-corrected chi connectivity index (χ4v) is 1.14. The van der Waals surface area contributed by atoms with Crippen LogP contribution >= 0.6 is 0 Å². The van der Waals surface area contributed by atoms with Crippen molar-refractivity contribution in [3.8, 4) is 5.75 Å². The summed E-state index contributed by atoms with van der Waals surface area (Å²) in [5.74, 6) is -2.28. The van der Waals surface area contributed by atoms with Gasteiger partial charge in [0.15, 0.2) is 6.04 Å². The normalized spacial score (nSPS) is 13.8. The maximum atomic E-state index is 12.1. The van der Waals surface area contributed by atoms with Crippen molar-refractivity contribution in [2.45, 2.75) is 18.6 Å². The second-order valence-electron chi connectivity index (χ2n) is 3.58. The monoisotopic (exact) mass is 302 g/mol. The summed E-state index contributed by atoms with van der Waals surface area (Å²) >= 11 is 0. The van der Waals surface area contributed by atoms with Crippen LogP contribution in [0.15, 0.2) is 24.3 Å². The summed E-state index contributed by atoms with van der Waals surface area (Å²) in [5, 5.41) is 1.74. The molecule has 0 aliphatic heterocycles. The molecule has 1 rings (SSSR count). The number of benzene rings is 1. The van der Waals surface area contributed by atoms with Crippen molar-refractivity contribution >= 4 is 11.6 Å². The van der Waals surface area contributed by atoms with Gasteiger partial charge in [-0.2, -0.15) is 13.2 Å². The van der Waals surface area contributed by atoms with Gasteiger partial charge in [0.1, 0.15) is 5.75 Å². The molecule has 1 aromatic carbocycles. The molecule has 3 N–H and O–H groups in total. The minimum atomic E-state index is -4.95. The predicted molar refractivity (Wildman–Crippen MR) is 55.8 cm³/mol. The van der Waals surface area contributed by atoms with Crippen molar-refractivity contribution in [1.29, 1.82) is 0 Å². The Balaban J connectivity index is 2.79. The van der Waals surface area contributed by atoms with Crippen LogP contribution in [0.3, 0.4) is 0 Å². The van der Waals surface area contributed by atoms with Crippen LogP contribution in [0.25, 0.3) is 0 Å². The van der Waals surface area contributed by atoms with Crippen molar-refractivity contribution in [2.75, 3.05) is 5.32 Å². The second kappa shape index (κ2) is 5.57. The fourth-order valence-electron chi connectivity index (χ4n) is 1.14. The number of nitrogens with one attached hydrogen (secondary N) is 1. The SMILES string of the molecule is N[C@H](C(=O)Nc1cccc(OC(F)(F)F)c1)C(F)(F)F. The van der Waals surface area contributed by atoms with E-state index in [0.717, 1.165) is 18.2 Å². The van der Waals surface area contributed by atoms with Gasteiger partial charge in [0.25, 0.3) is 5.91 Å². The van der Waals surface area contributed by atoms with Gasteiger partial charge in [0, 0.05) is 11.8 Å². The van der Waals surface area contributed by atoms with Gasteiger partial charge in [-0.25, -0.2) is 0 Å². The van der Waals surface area contributed by atoms with Crippen LogP contribution in [0.4, 0.5) is 32.0 Å². The third-order valence-electron chi connectivity index (χ3n) is 1.97. The molecule has 0 unspecified atom stereocenters. The first-order valence-electron chi connectivity index (χ1n) is 4.98. The molecule has 0 saturated carbocycles. The molecule has 0 bridgehead atoms. The third-order valence-corrected chi connectivity index (χ3v) is 1.97. The number of hydrogen-bond acceptors (Lipinski definition) is 3. The number of anilines is 1. The van der Waals surface area contributed by atoms with E-state index in [2.05, 4.69) is 10.5 Å². The Morgan fingerprint density at radius 1 is 1.20 bits per heavy atom. The molecule has 0 aliphatic rings.